The van der Waals surface area contributed by atoms with E-state index in [2.05, 4.69) is 5.32 Å². The number of rotatable bonds is 0. The van der Waals surface area contributed by atoms with Crippen molar-refractivity contribution in [2.24, 2.45) is 0 Å². The summed E-state index contributed by atoms with van der Waals surface area (Å²) < 4.78 is 5.28. The Hall–Kier alpha value is -0.570. The topological polar surface area (TPSA) is 38.3 Å². The maximum absolute atomic E-state index is 10.9. The van der Waals surface area contributed by atoms with Crippen LogP contribution in [0.5, 0.6) is 0 Å². The van der Waals surface area contributed by atoms with Gasteiger partial charge in [0.25, 0.3) is 5.91 Å². The van der Waals surface area contributed by atoms with Gasteiger partial charge in [0, 0.05) is 6.54 Å². The van der Waals surface area contributed by atoms with Crippen LogP contribution in [-0.4, -0.2) is 24.7 Å². The van der Waals surface area contributed by atoms with E-state index in [1.54, 1.807) is 0 Å². The van der Waals surface area contributed by atoms with Gasteiger partial charge in [-0.2, -0.15) is 0 Å². The first kappa shape index (κ1) is 5.23. The molecule has 2 rings (SSSR count). The van der Waals surface area contributed by atoms with Crippen LogP contribution in [0.4, 0.5) is 0 Å². The van der Waals surface area contributed by atoms with Crippen molar-refractivity contribution in [2.45, 2.75) is 18.4 Å². The molecule has 2 fully saturated rings. The lowest BCUT2D eigenvalue weighted by molar-refractivity contribution is -0.140. The molecule has 0 aromatic heterocycles. The number of hydrogen-bond donors (Lipinski definition) is 1. The summed E-state index contributed by atoms with van der Waals surface area (Å²) in [4.78, 5) is 10.9. The lowest BCUT2D eigenvalue weighted by Gasteiger charge is -2.21. The van der Waals surface area contributed by atoms with Gasteiger partial charge >= 0.3 is 0 Å². The van der Waals surface area contributed by atoms with Crippen molar-refractivity contribution in [2.75, 3.05) is 13.2 Å². The van der Waals surface area contributed by atoms with Crippen molar-refractivity contribution < 1.29 is 9.53 Å². The third-order valence-electron chi connectivity index (χ3n) is 1.88. The minimum absolute atomic E-state index is 0.0914. The van der Waals surface area contributed by atoms with Crippen molar-refractivity contribution >= 4 is 5.91 Å². The summed E-state index contributed by atoms with van der Waals surface area (Å²) in [6.07, 6.45) is 1.83. The zero-order valence-corrected chi connectivity index (χ0v) is 5.14. The zero-order chi connectivity index (χ0) is 6.32. The van der Waals surface area contributed by atoms with Gasteiger partial charge in [0.2, 0.25) is 0 Å². The van der Waals surface area contributed by atoms with Crippen LogP contribution in [0.25, 0.3) is 0 Å². The maximum atomic E-state index is 10.9. The molecule has 2 aliphatic rings. The summed E-state index contributed by atoms with van der Waals surface area (Å²) in [5.74, 6) is 0.0914. The number of nitrogens with one attached hydrogen (secondary N) is 1. The largest absolute Gasteiger partial charge is 0.363 e. The van der Waals surface area contributed by atoms with E-state index >= 15 is 0 Å². The van der Waals surface area contributed by atoms with Crippen LogP contribution in [-0.2, 0) is 9.53 Å². The molecule has 1 heterocycles. The summed E-state index contributed by atoms with van der Waals surface area (Å²) in [6, 6.07) is 0. The van der Waals surface area contributed by atoms with E-state index in [-0.39, 0.29) is 11.5 Å². The summed E-state index contributed by atoms with van der Waals surface area (Å²) in [5.41, 5.74) is -0.363. The predicted octanol–water partition coefficient (Wildman–Crippen LogP) is -0.335. The maximum Gasteiger partial charge on any atom is 0.252 e. The number of amides is 1. The van der Waals surface area contributed by atoms with Crippen LogP contribution < -0.4 is 5.32 Å². The molecule has 3 heteroatoms. The van der Waals surface area contributed by atoms with Gasteiger partial charge in [-0.3, -0.25) is 4.79 Å². The van der Waals surface area contributed by atoms with E-state index in [0.29, 0.717) is 13.2 Å². The molecule has 9 heavy (non-hydrogen) atoms. The molecule has 3 nitrogen and oxygen atoms in total. The van der Waals surface area contributed by atoms with E-state index in [1.807, 2.05) is 0 Å². The van der Waals surface area contributed by atoms with E-state index < -0.39 is 0 Å². The summed E-state index contributed by atoms with van der Waals surface area (Å²) in [7, 11) is 0. The molecule has 0 radical (unpaired) electrons. The molecule has 0 aromatic carbocycles. The normalized spacial score (nSPS) is 30.0. The number of hydrogen-bond acceptors (Lipinski definition) is 2. The van der Waals surface area contributed by atoms with Gasteiger partial charge in [-0.1, -0.05) is 0 Å². The second kappa shape index (κ2) is 1.48. The van der Waals surface area contributed by atoms with Crippen molar-refractivity contribution in [3.05, 3.63) is 0 Å². The molecule has 1 saturated carbocycles. The predicted molar refractivity (Wildman–Crippen MR) is 30.9 cm³/mol. The summed E-state index contributed by atoms with van der Waals surface area (Å²) in [5, 5.41) is 2.77. The Labute approximate surface area is 53.4 Å². The van der Waals surface area contributed by atoms with Gasteiger partial charge in [-0.15, -0.1) is 0 Å². The Morgan fingerprint density at radius 3 is 2.78 bits per heavy atom. The Morgan fingerprint density at radius 1 is 1.56 bits per heavy atom. The molecule has 0 bridgehead atoms. The van der Waals surface area contributed by atoms with Gasteiger partial charge in [0.05, 0.1) is 6.61 Å². The highest BCUT2D eigenvalue weighted by molar-refractivity contribution is 5.88. The fraction of sp³-hybridized carbons (Fsp3) is 0.833. The van der Waals surface area contributed by atoms with Crippen molar-refractivity contribution in [1.29, 1.82) is 0 Å². The Bertz CT molecular complexity index is 151. The minimum atomic E-state index is -0.363. The summed E-state index contributed by atoms with van der Waals surface area (Å²) in [6.45, 7) is 1.37. The molecular weight excluding hydrogens is 118 g/mol. The average Bonchev–Trinajstić information content (AvgIpc) is 2.60. The highest BCUT2D eigenvalue weighted by atomic mass is 16.5. The number of carbonyl (C=O) groups excluding carboxylic acids is 1. The lowest BCUT2D eigenvalue weighted by Crippen LogP contribution is -2.45. The van der Waals surface area contributed by atoms with Crippen molar-refractivity contribution in [3.8, 4) is 0 Å². The highest BCUT2D eigenvalue weighted by Gasteiger charge is 2.52. The molecule has 1 saturated heterocycles. The number of carbonyl (C=O) groups is 1. The smallest absolute Gasteiger partial charge is 0.252 e. The second-order valence-electron chi connectivity index (χ2n) is 2.60. The SMILES string of the molecule is O=C1NCCOC12CC2. The van der Waals surface area contributed by atoms with Crippen molar-refractivity contribution in [1.82, 2.24) is 5.32 Å². The molecule has 1 aliphatic heterocycles. The molecule has 0 aromatic rings. The average molecular weight is 127 g/mol. The van der Waals surface area contributed by atoms with E-state index in [1.165, 1.54) is 0 Å². The van der Waals surface area contributed by atoms with Gasteiger partial charge in [0.1, 0.15) is 5.60 Å². The van der Waals surface area contributed by atoms with Crippen molar-refractivity contribution in [3.63, 3.8) is 0 Å². The highest BCUT2D eigenvalue weighted by Crippen LogP contribution is 2.40. The van der Waals surface area contributed by atoms with Gasteiger partial charge in [-0.25, -0.2) is 0 Å². The molecule has 1 N–H and O–H groups in total. The fourth-order valence-electron chi connectivity index (χ4n) is 1.12. The monoisotopic (exact) mass is 127 g/mol. The standard InChI is InChI=1S/C6H9NO2/c8-5-6(1-2-6)9-4-3-7-5/h1-4H2,(H,7,8). The summed E-state index contributed by atoms with van der Waals surface area (Å²) >= 11 is 0. The first-order valence-electron chi connectivity index (χ1n) is 3.26. The second-order valence-corrected chi connectivity index (χ2v) is 2.60. The zero-order valence-electron chi connectivity index (χ0n) is 5.14. The van der Waals surface area contributed by atoms with Crippen LogP contribution in [0.1, 0.15) is 12.8 Å². The minimum Gasteiger partial charge on any atom is -0.363 e. The molecule has 0 atom stereocenters. The Balaban J connectivity index is 2.12. The number of morpholine rings is 1. The molecule has 1 spiro atoms. The third kappa shape index (κ3) is 0.645. The van der Waals surface area contributed by atoms with Crippen LogP contribution in [0, 0.1) is 0 Å². The van der Waals surface area contributed by atoms with E-state index in [0.717, 1.165) is 12.8 Å². The van der Waals surface area contributed by atoms with Gasteiger partial charge in [0.15, 0.2) is 0 Å². The fourth-order valence-corrected chi connectivity index (χ4v) is 1.12. The first-order valence-corrected chi connectivity index (χ1v) is 3.26. The molecular formula is C6H9NO2. The third-order valence-corrected chi connectivity index (χ3v) is 1.88. The van der Waals surface area contributed by atoms with Gasteiger partial charge in [-0.05, 0) is 12.8 Å². The quantitative estimate of drug-likeness (QED) is 0.483. The van der Waals surface area contributed by atoms with Crippen LogP contribution >= 0.6 is 0 Å². The first-order chi connectivity index (χ1) is 4.33. The van der Waals surface area contributed by atoms with Crippen LogP contribution in [0.2, 0.25) is 0 Å². The van der Waals surface area contributed by atoms with E-state index in [4.69, 9.17) is 4.74 Å². The van der Waals surface area contributed by atoms with Crippen LogP contribution in [0.3, 0.4) is 0 Å². The lowest BCUT2D eigenvalue weighted by atomic mass is 10.3. The molecule has 0 unspecified atom stereocenters. The molecule has 1 amide bonds. The molecule has 1 aliphatic carbocycles. The Morgan fingerprint density at radius 2 is 2.33 bits per heavy atom. The van der Waals surface area contributed by atoms with Crippen LogP contribution in [0.15, 0.2) is 0 Å². The molecule has 50 valence electrons. The number of ether oxygens (including phenoxy) is 1. The van der Waals surface area contributed by atoms with Gasteiger partial charge < -0.3 is 10.1 Å². The Kier molecular flexibility index (Phi) is 0.858. The van der Waals surface area contributed by atoms with E-state index in [9.17, 15) is 4.79 Å².